The average Bonchev–Trinajstić information content (AvgIpc) is 2.48. The number of hydrogen-bond acceptors (Lipinski definition) is 4. The maximum absolute atomic E-state index is 15.6. The van der Waals surface area contributed by atoms with E-state index in [4.69, 9.17) is 14.2 Å². The smallest absolute Gasteiger partial charge is 0.376 e. The van der Waals surface area contributed by atoms with Gasteiger partial charge in [-0.05, 0) is 12.0 Å². The molecule has 1 amide bonds. The van der Waals surface area contributed by atoms with Crippen molar-refractivity contribution in [1.29, 1.82) is 0 Å². The first-order chi connectivity index (χ1) is 11.6. The number of carbonyl (C=O) groups excluding carboxylic acids is 1. The van der Waals surface area contributed by atoms with Crippen molar-refractivity contribution in [3.8, 4) is 0 Å². The molecule has 26 heavy (non-hydrogen) atoms. The molecule has 0 aliphatic carbocycles. The van der Waals surface area contributed by atoms with Gasteiger partial charge in [-0.25, -0.2) is 4.39 Å². The minimum absolute atomic E-state index is 0.454. The van der Waals surface area contributed by atoms with E-state index in [-0.39, 0.29) is 0 Å². The Morgan fingerprint density at radius 2 is 1.69 bits per heavy atom. The predicted molar refractivity (Wildman–Crippen MR) is 91.2 cm³/mol. The SMILES string of the molecule is CO[C@H]1O[C@H](C)[C@@H](NC(=O)C(F)(F)F)[C@@](OC)([Si](C)(C)C(C)(C)C)[C@H]1F. The number of hydrogen-bond donors (Lipinski definition) is 1. The second kappa shape index (κ2) is 7.37. The van der Waals surface area contributed by atoms with E-state index in [0.717, 1.165) is 0 Å². The van der Waals surface area contributed by atoms with E-state index < -0.39 is 55.0 Å². The summed E-state index contributed by atoms with van der Waals surface area (Å²) in [6.07, 6.45) is -9.24. The van der Waals surface area contributed by atoms with Gasteiger partial charge in [-0.15, -0.1) is 0 Å². The van der Waals surface area contributed by atoms with E-state index in [2.05, 4.69) is 0 Å². The molecule has 0 aromatic rings. The van der Waals surface area contributed by atoms with Crippen LogP contribution >= 0.6 is 0 Å². The van der Waals surface area contributed by atoms with Gasteiger partial charge in [0.15, 0.2) is 12.5 Å². The second-order valence-corrected chi connectivity index (χ2v) is 13.7. The minimum atomic E-state index is -5.10. The van der Waals surface area contributed by atoms with Gasteiger partial charge < -0.3 is 19.5 Å². The van der Waals surface area contributed by atoms with Crippen molar-refractivity contribution in [3.63, 3.8) is 0 Å². The standard InChI is InChI=1S/C16H29F4NO4Si/c1-9-11(21-13(22)16(18,19)20)15(24-6,10(17)12(23-5)25-9)26(7,8)14(2,3)4/h9-12H,1-8H3,(H,21,22)/t9-,10+,11-,12+,15+/m1/s1. The van der Waals surface area contributed by atoms with Crippen molar-refractivity contribution in [2.45, 2.75) is 81.8 Å². The molecule has 5 atom stereocenters. The zero-order valence-corrected chi connectivity index (χ0v) is 17.5. The highest BCUT2D eigenvalue weighted by Gasteiger charge is 2.68. The van der Waals surface area contributed by atoms with E-state index in [9.17, 15) is 18.0 Å². The summed E-state index contributed by atoms with van der Waals surface area (Å²) in [4.78, 5) is 11.6. The van der Waals surface area contributed by atoms with Gasteiger partial charge in [0.1, 0.15) is 5.22 Å². The Labute approximate surface area is 152 Å². The molecule has 1 fully saturated rings. The van der Waals surface area contributed by atoms with Crippen LogP contribution in [0, 0.1) is 0 Å². The van der Waals surface area contributed by atoms with E-state index in [1.807, 2.05) is 39.2 Å². The van der Waals surface area contributed by atoms with Crippen LogP contribution in [0.25, 0.3) is 0 Å². The first-order valence-corrected chi connectivity index (χ1v) is 11.3. The van der Waals surface area contributed by atoms with Crippen molar-refractivity contribution in [1.82, 2.24) is 5.32 Å². The first-order valence-electron chi connectivity index (χ1n) is 8.33. The Bertz CT molecular complexity index is 523. The predicted octanol–water partition coefficient (Wildman–Crippen LogP) is 3.20. The third-order valence-corrected chi connectivity index (χ3v) is 12.4. The Morgan fingerprint density at radius 3 is 2.04 bits per heavy atom. The molecule has 1 aliphatic rings. The summed E-state index contributed by atoms with van der Waals surface area (Å²) in [5.41, 5.74) is 0. The van der Waals surface area contributed by atoms with Gasteiger partial charge in [0.05, 0.1) is 20.2 Å². The van der Waals surface area contributed by atoms with Crippen LogP contribution in [0.1, 0.15) is 27.7 Å². The quantitative estimate of drug-likeness (QED) is 0.579. The lowest BCUT2D eigenvalue weighted by atomic mass is 9.96. The topological polar surface area (TPSA) is 56.8 Å². The lowest BCUT2D eigenvalue weighted by Gasteiger charge is -2.60. The van der Waals surface area contributed by atoms with E-state index in [0.29, 0.717) is 0 Å². The lowest BCUT2D eigenvalue weighted by molar-refractivity contribution is -0.266. The molecule has 1 saturated heterocycles. The van der Waals surface area contributed by atoms with Gasteiger partial charge in [0.25, 0.3) is 0 Å². The Hall–Kier alpha value is -0.713. The van der Waals surface area contributed by atoms with Gasteiger partial charge in [-0.2, -0.15) is 13.2 Å². The molecule has 0 spiro atoms. The molecule has 5 nitrogen and oxygen atoms in total. The molecule has 1 rings (SSSR count). The molecule has 1 heterocycles. The highest BCUT2D eigenvalue weighted by atomic mass is 28.3. The van der Waals surface area contributed by atoms with Crippen LogP contribution in [0.2, 0.25) is 18.1 Å². The number of amides is 1. The number of carbonyl (C=O) groups is 1. The van der Waals surface area contributed by atoms with Gasteiger partial charge in [-0.1, -0.05) is 33.9 Å². The maximum Gasteiger partial charge on any atom is 0.471 e. The molecule has 154 valence electrons. The van der Waals surface area contributed by atoms with Crippen molar-refractivity contribution < 1.29 is 36.6 Å². The number of rotatable bonds is 4. The van der Waals surface area contributed by atoms with E-state index in [1.165, 1.54) is 21.1 Å². The first kappa shape index (κ1) is 23.3. The molecule has 10 heteroatoms. The van der Waals surface area contributed by atoms with E-state index >= 15 is 4.39 Å². The highest BCUT2D eigenvalue weighted by Crippen LogP contribution is 2.51. The zero-order chi connectivity index (χ0) is 20.7. The molecular formula is C16H29F4NO4Si. The molecule has 0 unspecified atom stereocenters. The third-order valence-electron chi connectivity index (χ3n) is 5.89. The van der Waals surface area contributed by atoms with Crippen LogP contribution in [-0.4, -0.2) is 64.2 Å². The fourth-order valence-electron chi connectivity index (χ4n) is 3.52. The summed E-state index contributed by atoms with van der Waals surface area (Å²) in [5.74, 6) is -2.15. The van der Waals surface area contributed by atoms with Crippen LogP contribution in [0.3, 0.4) is 0 Å². The summed E-state index contributed by atoms with van der Waals surface area (Å²) >= 11 is 0. The van der Waals surface area contributed by atoms with Crippen LogP contribution in [-0.2, 0) is 19.0 Å². The molecule has 0 aromatic heterocycles. The molecule has 1 N–H and O–H groups in total. The largest absolute Gasteiger partial charge is 0.471 e. The fourth-order valence-corrected chi connectivity index (χ4v) is 7.11. The summed E-state index contributed by atoms with van der Waals surface area (Å²) in [5, 5.41) is -0.215. The molecule has 0 bridgehead atoms. The Kier molecular flexibility index (Phi) is 6.61. The summed E-state index contributed by atoms with van der Waals surface area (Å²) < 4.78 is 70.3. The molecule has 0 radical (unpaired) electrons. The van der Waals surface area contributed by atoms with E-state index in [1.54, 1.807) is 0 Å². The van der Waals surface area contributed by atoms with Crippen molar-refractivity contribution in [2.75, 3.05) is 14.2 Å². The van der Waals surface area contributed by atoms with Crippen LogP contribution in [0.5, 0.6) is 0 Å². The number of alkyl halides is 4. The maximum atomic E-state index is 15.6. The Balaban J connectivity index is 3.58. The second-order valence-electron chi connectivity index (χ2n) is 8.17. The normalized spacial score (nSPS) is 33.8. The highest BCUT2D eigenvalue weighted by molar-refractivity contribution is 6.83. The summed E-state index contributed by atoms with van der Waals surface area (Å²) in [6.45, 7) is 10.8. The number of nitrogens with one attached hydrogen (secondary N) is 1. The Morgan fingerprint density at radius 1 is 1.19 bits per heavy atom. The van der Waals surface area contributed by atoms with Crippen molar-refractivity contribution >= 4 is 14.0 Å². The zero-order valence-electron chi connectivity index (χ0n) is 16.5. The molecule has 0 saturated carbocycles. The van der Waals surface area contributed by atoms with Gasteiger partial charge in [-0.3, -0.25) is 4.79 Å². The van der Waals surface area contributed by atoms with Gasteiger partial charge >= 0.3 is 12.1 Å². The van der Waals surface area contributed by atoms with Gasteiger partial charge in [0, 0.05) is 14.2 Å². The van der Waals surface area contributed by atoms with Crippen LogP contribution in [0.15, 0.2) is 0 Å². The van der Waals surface area contributed by atoms with Crippen LogP contribution in [0.4, 0.5) is 17.6 Å². The molecule has 1 aliphatic heterocycles. The molecular weight excluding hydrogens is 374 g/mol. The van der Waals surface area contributed by atoms with Crippen molar-refractivity contribution in [3.05, 3.63) is 0 Å². The number of methoxy groups -OCH3 is 2. The molecule has 0 aromatic carbocycles. The number of ether oxygens (including phenoxy) is 3. The summed E-state index contributed by atoms with van der Waals surface area (Å²) in [6, 6.07) is -1.33. The van der Waals surface area contributed by atoms with Crippen LogP contribution < -0.4 is 5.32 Å². The number of halogens is 4. The van der Waals surface area contributed by atoms with Gasteiger partial charge in [0.2, 0.25) is 0 Å². The monoisotopic (exact) mass is 403 g/mol. The third kappa shape index (κ3) is 3.65. The minimum Gasteiger partial charge on any atom is -0.376 e. The average molecular weight is 403 g/mol. The fraction of sp³-hybridized carbons (Fsp3) is 0.938. The lowest BCUT2D eigenvalue weighted by Crippen LogP contribution is -2.81. The summed E-state index contributed by atoms with van der Waals surface area (Å²) in [7, 11) is -0.336. The van der Waals surface area contributed by atoms with Crippen molar-refractivity contribution in [2.24, 2.45) is 0 Å².